The highest BCUT2D eigenvalue weighted by atomic mass is 32.2. The predicted molar refractivity (Wildman–Crippen MR) is 125 cm³/mol. The van der Waals surface area contributed by atoms with E-state index in [0.717, 1.165) is 4.31 Å². The van der Waals surface area contributed by atoms with E-state index in [4.69, 9.17) is 9.47 Å². The molecule has 0 unspecified atom stereocenters. The number of sulfonamides is 1. The molecule has 0 spiro atoms. The highest BCUT2D eigenvalue weighted by molar-refractivity contribution is 7.92. The smallest absolute Gasteiger partial charge is 0.338 e. The van der Waals surface area contributed by atoms with Crippen molar-refractivity contribution in [1.29, 1.82) is 0 Å². The van der Waals surface area contributed by atoms with Crippen molar-refractivity contribution in [3.05, 3.63) is 84.4 Å². The third kappa shape index (κ3) is 5.50. The molecule has 0 fully saturated rings. The average Bonchev–Trinajstić information content (AvgIpc) is 2.84. The van der Waals surface area contributed by atoms with Crippen LogP contribution in [0.1, 0.15) is 17.3 Å². The van der Waals surface area contributed by atoms with Gasteiger partial charge in [-0.05, 0) is 55.5 Å². The third-order valence-corrected chi connectivity index (χ3v) is 6.65. The fraction of sp³-hybridized carbons (Fsp3) is 0.167. The number of rotatable bonds is 8. The highest BCUT2D eigenvalue weighted by Crippen LogP contribution is 2.30. The highest BCUT2D eigenvalue weighted by Gasteiger charge is 2.25. The molecule has 1 N–H and O–H groups in total. The van der Waals surface area contributed by atoms with Crippen molar-refractivity contribution < 1.29 is 27.5 Å². The van der Waals surface area contributed by atoms with Crippen molar-refractivity contribution in [1.82, 2.24) is 0 Å². The van der Waals surface area contributed by atoms with Gasteiger partial charge in [0, 0.05) is 12.7 Å². The summed E-state index contributed by atoms with van der Waals surface area (Å²) >= 11 is 0. The Bertz CT molecular complexity index is 1230. The fourth-order valence-corrected chi connectivity index (χ4v) is 4.19. The van der Waals surface area contributed by atoms with Crippen LogP contribution in [0, 0.1) is 0 Å². The molecule has 0 aliphatic heterocycles. The zero-order valence-electron chi connectivity index (χ0n) is 18.4. The maximum absolute atomic E-state index is 13.0. The second-order valence-corrected chi connectivity index (χ2v) is 9.04. The van der Waals surface area contributed by atoms with E-state index in [1.807, 2.05) is 6.07 Å². The minimum atomic E-state index is -3.90. The first-order valence-corrected chi connectivity index (χ1v) is 11.5. The molecule has 33 heavy (non-hydrogen) atoms. The van der Waals surface area contributed by atoms with Crippen molar-refractivity contribution in [3.8, 4) is 5.75 Å². The number of nitrogens with one attached hydrogen (secondary N) is 1. The Morgan fingerprint density at radius 2 is 1.52 bits per heavy atom. The van der Waals surface area contributed by atoms with Gasteiger partial charge in [-0.3, -0.25) is 9.10 Å². The number of ether oxygens (including phenoxy) is 2. The number of amides is 1. The SMILES string of the molecule is COc1ccccc1N(C)S(=O)(=O)c1ccc(C(=O)O[C@@H](C)C(=O)Nc2ccccc2)cc1. The van der Waals surface area contributed by atoms with Crippen LogP contribution in [-0.2, 0) is 19.6 Å². The predicted octanol–water partition coefficient (Wildman–Crippen LogP) is 3.70. The summed E-state index contributed by atoms with van der Waals surface area (Å²) in [6.45, 7) is 1.46. The van der Waals surface area contributed by atoms with Gasteiger partial charge < -0.3 is 14.8 Å². The maximum Gasteiger partial charge on any atom is 0.338 e. The van der Waals surface area contributed by atoms with Crippen molar-refractivity contribution in [2.24, 2.45) is 0 Å². The Labute approximate surface area is 192 Å². The van der Waals surface area contributed by atoms with Gasteiger partial charge in [0.05, 0.1) is 23.3 Å². The largest absolute Gasteiger partial charge is 0.495 e. The van der Waals surface area contributed by atoms with Crippen molar-refractivity contribution in [3.63, 3.8) is 0 Å². The quantitative estimate of drug-likeness (QED) is 0.506. The average molecular weight is 469 g/mol. The molecule has 3 aromatic carbocycles. The minimum absolute atomic E-state index is 0.0117. The van der Waals surface area contributed by atoms with E-state index < -0.39 is 28.0 Å². The number of benzene rings is 3. The molecule has 0 aliphatic rings. The number of carbonyl (C=O) groups is 2. The normalized spacial score (nSPS) is 11.8. The van der Waals surface area contributed by atoms with Crippen LogP contribution in [0.5, 0.6) is 5.75 Å². The van der Waals surface area contributed by atoms with Gasteiger partial charge in [0.2, 0.25) is 0 Å². The van der Waals surface area contributed by atoms with E-state index in [1.54, 1.807) is 48.5 Å². The number of methoxy groups -OCH3 is 1. The zero-order chi connectivity index (χ0) is 24.0. The number of carbonyl (C=O) groups excluding carboxylic acids is 2. The van der Waals surface area contributed by atoms with Gasteiger partial charge in [0.1, 0.15) is 5.75 Å². The van der Waals surface area contributed by atoms with Gasteiger partial charge in [0.25, 0.3) is 15.9 Å². The van der Waals surface area contributed by atoms with Crippen molar-refractivity contribution >= 4 is 33.3 Å². The maximum atomic E-state index is 13.0. The Balaban J connectivity index is 1.69. The van der Waals surface area contributed by atoms with E-state index in [-0.39, 0.29) is 10.5 Å². The van der Waals surface area contributed by atoms with E-state index >= 15 is 0 Å². The fourth-order valence-electron chi connectivity index (χ4n) is 2.99. The second kappa shape index (κ2) is 10.2. The van der Waals surface area contributed by atoms with Crippen LogP contribution in [-0.4, -0.2) is 40.6 Å². The summed E-state index contributed by atoms with van der Waals surface area (Å²) in [7, 11) is -1.02. The van der Waals surface area contributed by atoms with Crippen LogP contribution < -0.4 is 14.4 Å². The summed E-state index contributed by atoms with van der Waals surface area (Å²) in [6, 6.07) is 20.8. The van der Waals surface area contributed by atoms with Gasteiger partial charge in [0.15, 0.2) is 6.10 Å². The van der Waals surface area contributed by atoms with Gasteiger partial charge in [-0.15, -0.1) is 0 Å². The zero-order valence-corrected chi connectivity index (χ0v) is 19.2. The molecule has 0 bridgehead atoms. The van der Waals surface area contributed by atoms with Gasteiger partial charge in [-0.25, -0.2) is 13.2 Å². The molecule has 3 aromatic rings. The van der Waals surface area contributed by atoms with Crippen LogP contribution in [0.4, 0.5) is 11.4 Å². The molecule has 0 aromatic heterocycles. The van der Waals surface area contributed by atoms with Gasteiger partial charge in [-0.2, -0.15) is 0 Å². The number of nitrogens with zero attached hydrogens (tertiary/aromatic N) is 1. The van der Waals surface area contributed by atoms with Crippen LogP contribution in [0.15, 0.2) is 83.8 Å². The molecule has 1 amide bonds. The van der Waals surface area contributed by atoms with Crippen LogP contribution in [0.2, 0.25) is 0 Å². The first-order chi connectivity index (χ1) is 15.7. The molecule has 1 atom stereocenters. The Morgan fingerprint density at radius 3 is 2.15 bits per heavy atom. The summed E-state index contributed by atoms with van der Waals surface area (Å²) in [5, 5.41) is 2.65. The Hall–Kier alpha value is -3.85. The Morgan fingerprint density at radius 1 is 0.909 bits per heavy atom. The lowest BCUT2D eigenvalue weighted by Gasteiger charge is -2.21. The molecular weight excluding hydrogens is 444 g/mol. The number of hydrogen-bond donors (Lipinski definition) is 1. The summed E-state index contributed by atoms with van der Waals surface area (Å²) in [6.07, 6.45) is -1.04. The molecule has 0 saturated carbocycles. The Kier molecular flexibility index (Phi) is 7.34. The van der Waals surface area contributed by atoms with Crippen LogP contribution >= 0.6 is 0 Å². The number of hydrogen-bond acceptors (Lipinski definition) is 6. The third-order valence-electron chi connectivity index (χ3n) is 4.87. The number of esters is 1. The molecular formula is C24H24N2O6S. The molecule has 0 saturated heterocycles. The lowest BCUT2D eigenvalue weighted by atomic mass is 10.2. The van der Waals surface area contributed by atoms with E-state index in [1.165, 1.54) is 45.3 Å². The summed E-state index contributed by atoms with van der Waals surface area (Å²) in [5.74, 6) is -0.813. The standard InChI is InChI=1S/C24H24N2O6S/c1-17(23(27)25-19-9-5-4-6-10-19)32-24(28)18-13-15-20(16-14-18)33(29,30)26(2)21-11-7-8-12-22(21)31-3/h4-17H,1-3H3,(H,25,27)/t17-/m0/s1. The molecule has 0 radical (unpaired) electrons. The number of para-hydroxylation sites is 3. The van der Waals surface area contributed by atoms with Crippen molar-refractivity contribution in [2.75, 3.05) is 23.8 Å². The molecule has 8 nitrogen and oxygen atoms in total. The topological polar surface area (TPSA) is 102 Å². The van der Waals surface area contributed by atoms with E-state index in [2.05, 4.69) is 5.32 Å². The van der Waals surface area contributed by atoms with Crippen LogP contribution in [0.3, 0.4) is 0 Å². The first kappa shape index (κ1) is 23.8. The molecule has 172 valence electrons. The summed E-state index contributed by atoms with van der Waals surface area (Å²) in [5.41, 5.74) is 1.08. The van der Waals surface area contributed by atoms with Crippen molar-refractivity contribution in [2.45, 2.75) is 17.9 Å². The van der Waals surface area contributed by atoms with E-state index in [9.17, 15) is 18.0 Å². The van der Waals surface area contributed by atoms with E-state index in [0.29, 0.717) is 17.1 Å². The molecule has 9 heteroatoms. The van der Waals surface area contributed by atoms with Crippen LogP contribution in [0.25, 0.3) is 0 Å². The number of anilines is 2. The van der Waals surface area contributed by atoms with Gasteiger partial charge >= 0.3 is 5.97 Å². The molecule has 0 heterocycles. The lowest BCUT2D eigenvalue weighted by Crippen LogP contribution is -2.30. The minimum Gasteiger partial charge on any atom is -0.495 e. The molecule has 3 rings (SSSR count). The van der Waals surface area contributed by atoms with Gasteiger partial charge in [-0.1, -0.05) is 30.3 Å². The first-order valence-electron chi connectivity index (χ1n) is 10.0. The monoisotopic (exact) mass is 468 g/mol. The summed E-state index contributed by atoms with van der Waals surface area (Å²) in [4.78, 5) is 24.7. The molecule has 0 aliphatic carbocycles. The summed E-state index contributed by atoms with van der Waals surface area (Å²) < 4.78 is 37.6. The lowest BCUT2D eigenvalue weighted by molar-refractivity contribution is -0.123. The second-order valence-electron chi connectivity index (χ2n) is 7.07.